The molecule has 92 valence electrons. The van der Waals surface area contributed by atoms with Gasteiger partial charge in [-0.25, -0.2) is 9.18 Å². The van der Waals surface area contributed by atoms with E-state index in [1.807, 2.05) is 6.07 Å². The summed E-state index contributed by atoms with van der Waals surface area (Å²) in [5, 5.41) is 8.99. The predicted molar refractivity (Wildman–Crippen MR) is 62.5 cm³/mol. The number of amides is 1. The van der Waals surface area contributed by atoms with E-state index >= 15 is 0 Å². The molecule has 0 aliphatic carbocycles. The fraction of sp³-hybridized carbons (Fsp3) is 0.462. The zero-order chi connectivity index (χ0) is 12.3. The zero-order valence-corrected chi connectivity index (χ0v) is 9.60. The van der Waals surface area contributed by atoms with E-state index in [-0.39, 0.29) is 11.9 Å². The Hall–Kier alpha value is -1.58. The minimum atomic E-state index is -0.841. The smallest absolute Gasteiger partial charge is 0.407 e. The van der Waals surface area contributed by atoms with Crippen molar-refractivity contribution < 1.29 is 14.3 Å². The Bertz CT molecular complexity index is 408. The van der Waals surface area contributed by atoms with Crippen LogP contribution in [0.5, 0.6) is 0 Å². The number of aryl methyl sites for hydroxylation is 1. The van der Waals surface area contributed by atoms with E-state index in [1.165, 1.54) is 17.0 Å². The van der Waals surface area contributed by atoms with Gasteiger partial charge in [0, 0.05) is 12.6 Å². The Morgan fingerprint density at radius 3 is 3.06 bits per heavy atom. The average molecular weight is 237 g/mol. The van der Waals surface area contributed by atoms with Crippen LogP contribution in [-0.4, -0.2) is 28.7 Å². The number of hydrogen-bond donors (Lipinski definition) is 1. The lowest BCUT2D eigenvalue weighted by molar-refractivity contribution is 0.138. The van der Waals surface area contributed by atoms with Crippen molar-refractivity contribution in [2.45, 2.75) is 31.7 Å². The van der Waals surface area contributed by atoms with Gasteiger partial charge in [-0.15, -0.1) is 0 Å². The highest BCUT2D eigenvalue weighted by molar-refractivity contribution is 5.65. The molecule has 1 aliphatic heterocycles. The Balaban J connectivity index is 1.91. The first kappa shape index (κ1) is 11.9. The Kier molecular flexibility index (Phi) is 3.61. The van der Waals surface area contributed by atoms with Crippen LogP contribution in [0.25, 0.3) is 0 Å². The summed E-state index contributed by atoms with van der Waals surface area (Å²) in [5.41, 5.74) is 0.933. The number of carboxylic acid groups (broad SMARTS) is 1. The van der Waals surface area contributed by atoms with Crippen LogP contribution in [0.1, 0.15) is 24.8 Å². The van der Waals surface area contributed by atoms with E-state index in [9.17, 15) is 9.18 Å². The summed E-state index contributed by atoms with van der Waals surface area (Å²) >= 11 is 0. The van der Waals surface area contributed by atoms with Crippen molar-refractivity contribution in [3.8, 4) is 0 Å². The molecule has 1 aromatic carbocycles. The number of halogens is 1. The molecule has 3 nitrogen and oxygen atoms in total. The highest BCUT2D eigenvalue weighted by Crippen LogP contribution is 2.21. The van der Waals surface area contributed by atoms with Gasteiger partial charge in [0.25, 0.3) is 0 Å². The summed E-state index contributed by atoms with van der Waals surface area (Å²) < 4.78 is 13.0. The second kappa shape index (κ2) is 5.17. The third kappa shape index (κ3) is 2.96. The van der Waals surface area contributed by atoms with E-state index in [4.69, 9.17) is 5.11 Å². The number of hydrogen-bond acceptors (Lipinski definition) is 1. The van der Waals surface area contributed by atoms with Crippen molar-refractivity contribution in [1.29, 1.82) is 0 Å². The number of nitrogens with zero attached hydrogens (tertiary/aromatic N) is 1. The molecule has 1 saturated heterocycles. The molecule has 17 heavy (non-hydrogen) atoms. The minimum Gasteiger partial charge on any atom is -0.465 e. The van der Waals surface area contributed by atoms with Crippen molar-refractivity contribution in [3.63, 3.8) is 0 Å². The first-order valence-electron chi connectivity index (χ1n) is 5.91. The van der Waals surface area contributed by atoms with E-state index in [0.717, 1.165) is 31.2 Å². The summed E-state index contributed by atoms with van der Waals surface area (Å²) in [6, 6.07) is 6.59. The van der Waals surface area contributed by atoms with Crippen LogP contribution in [0.3, 0.4) is 0 Å². The van der Waals surface area contributed by atoms with Gasteiger partial charge in [0.2, 0.25) is 0 Å². The quantitative estimate of drug-likeness (QED) is 0.878. The number of carbonyl (C=O) groups is 1. The summed E-state index contributed by atoms with van der Waals surface area (Å²) in [7, 11) is 0. The first-order valence-corrected chi connectivity index (χ1v) is 5.91. The molecule has 2 rings (SSSR count). The van der Waals surface area contributed by atoms with Crippen LogP contribution in [0.2, 0.25) is 0 Å². The highest BCUT2D eigenvalue weighted by atomic mass is 19.1. The standard InChI is InChI=1S/C13H16FNO2/c14-11-4-1-3-10(9-11)6-7-12-5-2-8-15(12)13(16)17/h1,3-4,9,12H,2,5-8H2,(H,16,17)/t12-/m0/s1. The molecule has 0 aromatic heterocycles. The molecular formula is C13H16FNO2. The fourth-order valence-electron chi connectivity index (χ4n) is 2.41. The van der Waals surface area contributed by atoms with Crippen LogP contribution in [0, 0.1) is 5.82 Å². The largest absolute Gasteiger partial charge is 0.465 e. The second-order valence-corrected chi connectivity index (χ2v) is 4.44. The number of likely N-dealkylation sites (tertiary alicyclic amines) is 1. The summed E-state index contributed by atoms with van der Waals surface area (Å²) in [6.07, 6.45) is 2.51. The van der Waals surface area contributed by atoms with Crippen LogP contribution >= 0.6 is 0 Å². The maximum Gasteiger partial charge on any atom is 0.407 e. The molecule has 1 amide bonds. The Morgan fingerprint density at radius 2 is 2.35 bits per heavy atom. The zero-order valence-electron chi connectivity index (χ0n) is 9.60. The minimum absolute atomic E-state index is 0.0933. The van der Waals surface area contributed by atoms with Crippen LogP contribution in [-0.2, 0) is 6.42 Å². The van der Waals surface area contributed by atoms with Gasteiger partial charge in [0.05, 0.1) is 0 Å². The molecule has 0 unspecified atom stereocenters. The predicted octanol–water partition coefficient (Wildman–Crippen LogP) is 2.90. The lowest BCUT2D eigenvalue weighted by Gasteiger charge is -2.21. The number of benzene rings is 1. The normalized spacial score (nSPS) is 19.6. The highest BCUT2D eigenvalue weighted by Gasteiger charge is 2.27. The molecular weight excluding hydrogens is 221 g/mol. The molecule has 1 atom stereocenters. The van der Waals surface area contributed by atoms with Crippen molar-refractivity contribution in [3.05, 3.63) is 35.6 Å². The van der Waals surface area contributed by atoms with E-state index in [0.29, 0.717) is 6.54 Å². The Labute approximate surface area is 99.9 Å². The van der Waals surface area contributed by atoms with Crippen LogP contribution in [0.15, 0.2) is 24.3 Å². The molecule has 1 N–H and O–H groups in total. The van der Waals surface area contributed by atoms with Gasteiger partial charge in [0.1, 0.15) is 5.82 Å². The lowest BCUT2D eigenvalue weighted by Crippen LogP contribution is -2.34. The van der Waals surface area contributed by atoms with Gasteiger partial charge in [-0.05, 0) is 43.4 Å². The molecule has 0 spiro atoms. The first-order chi connectivity index (χ1) is 8.16. The van der Waals surface area contributed by atoms with E-state index < -0.39 is 6.09 Å². The number of rotatable bonds is 3. The SMILES string of the molecule is O=C(O)N1CCC[C@H]1CCc1cccc(F)c1. The van der Waals surface area contributed by atoms with Crippen molar-refractivity contribution in [2.75, 3.05) is 6.54 Å². The van der Waals surface area contributed by atoms with Gasteiger partial charge < -0.3 is 10.0 Å². The second-order valence-electron chi connectivity index (χ2n) is 4.44. The lowest BCUT2D eigenvalue weighted by atomic mass is 10.0. The van der Waals surface area contributed by atoms with Crippen molar-refractivity contribution >= 4 is 6.09 Å². The van der Waals surface area contributed by atoms with Gasteiger partial charge in [0.15, 0.2) is 0 Å². The molecule has 1 fully saturated rings. The molecule has 1 aliphatic rings. The van der Waals surface area contributed by atoms with E-state index in [2.05, 4.69) is 0 Å². The summed E-state index contributed by atoms with van der Waals surface area (Å²) in [5.74, 6) is -0.232. The van der Waals surface area contributed by atoms with Crippen molar-refractivity contribution in [2.24, 2.45) is 0 Å². The molecule has 1 aromatic rings. The van der Waals surface area contributed by atoms with Crippen molar-refractivity contribution in [1.82, 2.24) is 4.90 Å². The van der Waals surface area contributed by atoms with E-state index in [1.54, 1.807) is 6.07 Å². The third-order valence-electron chi connectivity index (χ3n) is 3.28. The Morgan fingerprint density at radius 1 is 1.53 bits per heavy atom. The maximum absolute atomic E-state index is 13.0. The summed E-state index contributed by atoms with van der Waals surface area (Å²) in [6.45, 7) is 0.628. The summed E-state index contributed by atoms with van der Waals surface area (Å²) in [4.78, 5) is 12.4. The molecule has 0 radical (unpaired) electrons. The molecule has 0 saturated carbocycles. The van der Waals surface area contributed by atoms with Gasteiger partial charge in [-0.2, -0.15) is 0 Å². The fourth-order valence-corrected chi connectivity index (χ4v) is 2.41. The van der Waals surface area contributed by atoms with Gasteiger partial charge in [-0.1, -0.05) is 12.1 Å². The topological polar surface area (TPSA) is 40.5 Å². The third-order valence-corrected chi connectivity index (χ3v) is 3.28. The maximum atomic E-state index is 13.0. The van der Waals surface area contributed by atoms with Gasteiger partial charge in [-0.3, -0.25) is 0 Å². The molecule has 1 heterocycles. The molecule has 0 bridgehead atoms. The molecule has 4 heteroatoms. The van der Waals surface area contributed by atoms with Crippen LogP contribution in [0.4, 0.5) is 9.18 Å². The average Bonchev–Trinajstić information content (AvgIpc) is 2.74. The van der Waals surface area contributed by atoms with Gasteiger partial charge >= 0.3 is 6.09 Å². The monoisotopic (exact) mass is 237 g/mol. The van der Waals surface area contributed by atoms with Crippen LogP contribution < -0.4 is 0 Å².